The Morgan fingerprint density at radius 2 is 1.85 bits per heavy atom. The van der Waals surface area contributed by atoms with Crippen molar-refractivity contribution < 1.29 is 22.7 Å². The number of anilines is 1. The first kappa shape index (κ1) is 19.9. The first-order chi connectivity index (χ1) is 12.4. The van der Waals surface area contributed by atoms with Gasteiger partial charge in [0.05, 0.1) is 22.7 Å². The molecule has 0 heterocycles. The second kappa shape index (κ2) is 8.77. The third-order valence-corrected chi connectivity index (χ3v) is 4.97. The number of amides is 1. The number of ether oxygens (including phenoxy) is 2. The van der Waals surface area contributed by atoms with Gasteiger partial charge in [-0.2, -0.15) is 0 Å². The third kappa shape index (κ3) is 5.27. The van der Waals surface area contributed by atoms with E-state index in [0.29, 0.717) is 28.8 Å². The lowest BCUT2D eigenvalue weighted by molar-refractivity contribution is -0.122. The molecule has 1 amide bonds. The predicted octanol–water partition coefficient (Wildman–Crippen LogP) is 2.66. The molecule has 2 aromatic rings. The fourth-order valence-corrected chi connectivity index (χ4v) is 3.36. The summed E-state index contributed by atoms with van der Waals surface area (Å²) in [6.07, 6.45) is 0. The molecule has 0 saturated carbocycles. The van der Waals surface area contributed by atoms with Gasteiger partial charge in [0.2, 0.25) is 0 Å². The van der Waals surface area contributed by atoms with E-state index < -0.39 is 10.0 Å². The third-order valence-electron chi connectivity index (χ3n) is 3.28. The van der Waals surface area contributed by atoms with Gasteiger partial charge in [-0.3, -0.25) is 9.52 Å². The van der Waals surface area contributed by atoms with Crippen molar-refractivity contribution in [2.24, 2.45) is 0 Å². The van der Waals surface area contributed by atoms with Gasteiger partial charge >= 0.3 is 0 Å². The van der Waals surface area contributed by atoms with E-state index in [1.54, 1.807) is 19.1 Å². The van der Waals surface area contributed by atoms with E-state index in [4.69, 9.17) is 21.1 Å². The maximum atomic E-state index is 12.4. The van der Waals surface area contributed by atoms with Crippen LogP contribution in [0.5, 0.6) is 11.5 Å². The van der Waals surface area contributed by atoms with Crippen LogP contribution in [0, 0.1) is 0 Å². The Hall–Kier alpha value is -2.45. The van der Waals surface area contributed by atoms with Crippen LogP contribution in [0.25, 0.3) is 0 Å². The van der Waals surface area contributed by atoms with Crippen molar-refractivity contribution in [2.75, 3.05) is 25.0 Å². The molecule has 0 fully saturated rings. The first-order valence-electron chi connectivity index (χ1n) is 7.71. The first-order valence-corrected chi connectivity index (χ1v) is 9.57. The zero-order valence-corrected chi connectivity index (χ0v) is 15.9. The molecule has 2 aromatic carbocycles. The normalized spacial score (nSPS) is 10.9. The number of likely N-dealkylation sites (N-methyl/N-ethyl adjacent to an activating group) is 1. The molecule has 0 aliphatic carbocycles. The smallest absolute Gasteiger partial charge is 0.261 e. The van der Waals surface area contributed by atoms with Crippen LogP contribution in [0.15, 0.2) is 47.4 Å². The van der Waals surface area contributed by atoms with Crippen LogP contribution in [0.4, 0.5) is 5.69 Å². The monoisotopic (exact) mass is 398 g/mol. The summed E-state index contributed by atoms with van der Waals surface area (Å²) in [6, 6.07) is 10.3. The fraction of sp³-hybridized carbons (Fsp3) is 0.235. The van der Waals surface area contributed by atoms with E-state index in [1.807, 2.05) is 0 Å². The SMILES string of the molecule is CCNC(=O)COc1ccc(S(=O)(=O)Nc2ccc(OC)c(Cl)c2)cc1. The molecule has 7 nitrogen and oxygen atoms in total. The molecule has 0 spiro atoms. The average Bonchev–Trinajstić information content (AvgIpc) is 2.60. The minimum absolute atomic E-state index is 0.0507. The van der Waals surface area contributed by atoms with Gasteiger partial charge in [-0.15, -0.1) is 0 Å². The lowest BCUT2D eigenvalue weighted by atomic mass is 10.3. The number of hydrogen-bond acceptors (Lipinski definition) is 5. The van der Waals surface area contributed by atoms with Crippen LogP contribution in [0.3, 0.4) is 0 Å². The lowest BCUT2D eigenvalue weighted by Gasteiger charge is -2.11. The van der Waals surface area contributed by atoms with E-state index in [0.717, 1.165) is 0 Å². The van der Waals surface area contributed by atoms with E-state index >= 15 is 0 Å². The zero-order valence-electron chi connectivity index (χ0n) is 14.3. The molecule has 26 heavy (non-hydrogen) atoms. The molecule has 0 bridgehead atoms. The van der Waals surface area contributed by atoms with Crippen LogP contribution in [0.2, 0.25) is 5.02 Å². The molecule has 2 rings (SSSR count). The van der Waals surface area contributed by atoms with Crippen molar-refractivity contribution in [3.05, 3.63) is 47.5 Å². The van der Waals surface area contributed by atoms with Crippen LogP contribution < -0.4 is 19.5 Å². The minimum atomic E-state index is -3.79. The number of hydrogen-bond donors (Lipinski definition) is 2. The number of carbonyl (C=O) groups excluding carboxylic acids is 1. The molecule has 0 atom stereocenters. The molecular weight excluding hydrogens is 380 g/mol. The number of nitrogens with one attached hydrogen (secondary N) is 2. The van der Waals surface area contributed by atoms with Crippen molar-refractivity contribution in [3.63, 3.8) is 0 Å². The summed E-state index contributed by atoms with van der Waals surface area (Å²) in [5.74, 6) is 0.591. The van der Waals surface area contributed by atoms with Crippen molar-refractivity contribution in [1.82, 2.24) is 5.32 Å². The largest absolute Gasteiger partial charge is 0.495 e. The van der Waals surface area contributed by atoms with E-state index in [9.17, 15) is 13.2 Å². The minimum Gasteiger partial charge on any atom is -0.495 e. The van der Waals surface area contributed by atoms with Crippen molar-refractivity contribution in [3.8, 4) is 11.5 Å². The standard InChI is InChI=1S/C17H19ClN2O5S/c1-3-19-17(21)11-25-13-5-7-14(8-6-13)26(22,23)20-12-4-9-16(24-2)15(18)10-12/h4-10,20H,3,11H2,1-2H3,(H,19,21). The van der Waals surface area contributed by atoms with Crippen LogP contribution in [-0.4, -0.2) is 34.6 Å². The summed E-state index contributed by atoms with van der Waals surface area (Å²) in [6.45, 7) is 2.18. The van der Waals surface area contributed by atoms with E-state index in [2.05, 4.69) is 10.0 Å². The van der Waals surface area contributed by atoms with Gasteiger partial charge in [0.15, 0.2) is 6.61 Å². The highest BCUT2D eigenvalue weighted by atomic mass is 35.5. The van der Waals surface area contributed by atoms with Crippen molar-refractivity contribution in [2.45, 2.75) is 11.8 Å². The van der Waals surface area contributed by atoms with Gasteiger partial charge in [0.1, 0.15) is 11.5 Å². The molecule has 0 radical (unpaired) electrons. The zero-order chi connectivity index (χ0) is 19.2. The van der Waals surface area contributed by atoms with Gasteiger partial charge in [-0.1, -0.05) is 11.6 Å². The summed E-state index contributed by atoms with van der Waals surface area (Å²) >= 11 is 6.00. The molecule has 140 valence electrons. The van der Waals surface area contributed by atoms with E-state index in [-0.39, 0.29) is 17.4 Å². The van der Waals surface area contributed by atoms with Crippen molar-refractivity contribution >= 4 is 33.2 Å². The Kier molecular flexibility index (Phi) is 6.70. The fourth-order valence-electron chi connectivity index (χ4n) is 2.06. The molecule has 0 aliphatic heterocycles. The summed E-state index contributed by atoms with van der Waals surface area (Å²) in [5.41, 5.74) is 0.312. The Labute approximate surface area is 157 Å². The molecule has 0 saturated heterocycles. The quantitative estimate of drug-likeness (QED) is 0.713. The number of methoxy groups -OCH3 is 1. The average molecular weight is 399 g/mol. The Bertz CT molecular complexity index is 869. The number of rotatable bonds is 8. The van der Waals surface area contributed by atoms with Crippen molar-refractivity contribution in [1.29, 1.82) is 0 Å². The number of carbonyl (C=O) groups is 1. The maximum absolute atomic E-state index is 12.4. The molecular formula is C17H19ClN2O5S. The topological polar surface area (TPSA) is 93.7 Å². The Balaban J connectivity index is 2.07. The summed E-state index contributed by atoms with van der Waals surface area (Å²) in [4.78, 5) is 11.4. The highest BCUT2D eigenvalue weighted by molar-refractivity contribution is 7.92. The second-order valence-corrected chi connectivity index (χ2v) is 7.26. The van der Waals surface area contributed by atoms with Gasteiger partial charge in [-0.25, -0.2) is 8.42 Å². The Morgan fingerprint density at radius 1 is 1.15 bits per heavy atom. The molecule has 0 aliphatic rings. The van der Waals surface area contributed by atoms with Gasteiger partial charge in [0, 0.05) is 6.54 Å². The number of halogens is 1. The van der Waals surface area contributed by atoms with E-state index in [1.165, 1.54) is 37.4 Å². The highest BCUT2D eigenvalue weighted by Gasteiger charge is 2.15. The summed E-state index contributed by atoms with van der Waals surface area (Å²) < 4.78 is 37.6. The summed E-state index contributed by atoms with van der Waals surface area (Å²) in [7, 11) is -2.32. The maximum Gasteiger partial charge on any atom is 0.261 e. The second-order valence-electron chi connectivity index (χ2n) is 5.17. The number of sulfonamides is 1. The molecule has 0 unspecified atom stereocenters. The van der Waals surface area contributed by atoms with Crippen LogP contribution in [0.1, 0.15) is 6.92 Å². The number of benzene rings is 2. The predicted molar refractivity (Wildman–Crippen MR) is 99.4 cm³/mol. The van der Waals surface area contributed by atoms with Gasteiger partial charge in [-0.05, 0) is 49.4 Å². The Morgan fingerprint density at radius 3 is 2.42 bits per heavy atom. The van der Waals surface area contributed by atoms with Gasteiger partial charge in [0.25, 0.3) is 15.9 Å². The van der Waals surface area contributed by atoms with Crippen LogP contribution in [-0.2, 0) is 14.8 Å². The summed E-state index contributed by atoms with van der Waals surface area (Å²) in [5, 5.41) is 2.90. The van der Waals surface area contributed by atoms with Crippen LogP contribution >= 0.6 is 11.6 Å². The lowest BCUT2D eigenvalue weighted by Crippen LogP contribution is -2.28. The molecule has 2 N–H and O–H groups in total. The highest BCUT2D eigenvalue weighted by Crippen LogP contribution is 2.28. The molecule has 0 aromatic heterocycles. The van der Waals surface area contributed by atoms with Gasteiger partial charge < -0.3 is 14.8 Å². The molecule has 9 heteroatoms.